The lowest BCUT2D eigenvalue weighted by atomic mass is 10.0. The fourth-order valence-corrected chi connectivity index (χ4v) is 3.62. The molecule has 0 unspecified atom stereocenters. The van der Waals surface area contributed by atoms with Crippen molar-refractivity contribution in [2.45, 2.75) is 11.3 Å². The van der Waals surface area contributed by atoms with Crippen LogP contribution in [0.25, 0.3) is 10.8 Å². The number of hydrogen-bond donors (Lipinski definition) is 2. The highest BCUT2D eigenvalue weighted by molar-refractivity contribution is 7.86. The molecule has 3 rings (SSSR count). The van der Waals surface area contributed by atoms with Crippen LogP contribution in [0.3, 0.4) is 0 Å². The fraction of sp³-hybridized carbons (Fsp3) is 0.158. The van der Waals surface area contributed by atoms with E-state index in [2.05, 4.69) is 0 Å². The summed E-state index contributed by atoms with van der Waals surface area (Å²) in [6.07, 6.45) is 0.451. The van der Waals surface area contributed by atoms with Gasteiger partial charge in [-0.3, -0.25) is 4.18 Å². The van der Waals surface area contributed by atoms with Crippen LogP contribution in [0.1, 0.15) is 5.56 Å². The number of fused-ring (bicyclic) bond motifs is 1. The third-order valence-electron chi connectivity index (χ3n) is 4.11. The number of ether oxygens (including phenoxy) is 1. The van der Waals surface area contributed by atoms with E-state index in [1.807, 2.05) is 36.4 Å². The van der Waals surface area contributed by atoms with Crippen molar-refractivity contribution in [1.29, 1.82) is 0 Å². The van der Waals surface area contributed by atoms with Crippen LogP contribution in [0.5, 0.6) is 5.75 Å². The highest BCUT2D eigenvalue weighted by Crippen LogP contribution is 2.25. The van der Waals surface area contributed by atoms with Crippen molar-refractivity contribution in [3.05, 3.63) is 66.2 Å². The van der Waals surface area contributed by atoms with Crippen LogP contribution in [-0.2, 0) is 20.7 Å². The average molecular weight is 374 g/mol. The van der Waals surface area contributed by atoms with Crippen LogP contribution in [0.2, 0.25) is 0 Å². The van der Waals surface area contributed by atoms with E-state index in [0.717, 1.165) is 27.6 Å². The van der Waals surface area contributed by atoms with Crippen molar-refractivity contribution >= 4 is 26.6 Å². The molecule has 0 atom stereocenters. The van der Waals surface area contributed by atoms with E-state index >= 15 is 0 Å². The summed E-state index contributed by atoms with van der Waals surface area (Å²) in [5.41, 5.74) is 2.42. The number of rotatable bonds is 7. The molecule has 0 heterocycles. The molecule has 0 aliphatic rings. The van der Waals surface area contributed by atoms with Gasteiger partial charge in [0.25, 0.3) is 10.1 Å². The Morgan fingerprint density at radius 2 is 1.81 bits per heavy atom. The second-order valence-corrected chi connectivity index (χ2v) is 7.34. The van der Waals surface area contributed by atoms with Crippen LogP contribution in [-0.4, -0.2) is 27.3 Å². The van der Waals surface area contributed by atoms with Crippen LogP contribution in [0, 0.1) is 0 Å². The molecule has 0 amide bonds. The van der Waals surface area contributed by atoms with Crippen molar-refractivity contribution in [3.8, 4) is 5.75 Å². The first kappa shape index (κ1) is 18.3. The van der Waals surface area contributed by atoms with Crippen molar-refractivity contribution < 1.29 is 28.0 Å². The second-order valence-electron chi connectivity index (χ2n) is 5.73. The molecule has 26 heavy (non-hydrogen) atoms. The first-order valence-corrected chi connectivity index (χ1v) is 9.47. The second kappa shape index (κ2) is 7.84. The van der Waals surface area contributed by atoms with Crippen LogP contribution < -0.4 is 10.2 Å². The van der Waals surface area contributed by atoms with Gasteiger partial charge >= 0.3 is 0 Å². The predicted molar refractivity (Wildman–Crippen MR) is 97.2 cm³/mol. The highest BCUT2D eigenvalue weighted by atomic mass is 32.2. The number of quaternary nitrogens is 1. The summed E-state index contributed by atoms with van der Waals surface area (Å²) in [5.74, 6) is 0.749. The summed E-state index contributed by atoms with van der Waals surface area (Å²) in [4.78, 5) is 0.0580. The van der Waals surface area contributed by atoms with E-state index in [0.29, 0.717) is 12.1 Å². The smallest absolute Gasteiger partial charge is 0.296 e. The zero-order chi connectivity index (χ0) is 18.6. The molecule has 0 bridgehead atoms. The van der Waals surface area contributed by atoms with Gasteiger partial charge < -0.3 is 4.74 Å². The molecule has 0 saturated heterocycles. The van der Waals surface area contributed by atoms with E-state index in [1.54, 1.807) is 7.11 Å². The number of benzene rings is 3. The van der Waals surface area contributed by atoms with E-state index in [9.17, 15) is 8.42 Å². The van der Waals surface area contributed by atoms with Gasteiger partial charge in [0.05, 0.1) is 18.6 Å². The van der Waals surface area contributed by atoms with Gasteiger partial charge in [-0.05, 0) is 47.0 Å². The van der Waals surface area contributed by atoms with E-state index in [4.69, 9.17) is 14.1 Å². The normalized spacial score (nSPS) is 11.6. The van der Waals surface area contributed by atoms with Crippen molar-refractivity contribution in [2.24, 2.45) is 0 Å². The Kier molecular flexibility index (Phi) is 5.53. The van der Waals surface area contributed by atoms with E-state index in [-0.39, 0.29) is 11.5 Å². The average Bonchev–Trinajstić information content (AvgIpc) is 2.67. The van der Waals surface area contributed by atoms with Gasteiger partial charge in [0.15, 0.2) is 5.69 Å². The van der Waals surface area contributed by atoms with Gasteiger partial charge in [0.2, 0.25) is 0 Å². The highest BCUT2D eigenvalue weighted by Gasteiger charge is 2.15. The predicted octanol–water partition coefficient (Wildman–Crippen LogP) is 2.38. The molecule has 3 N–H and O–H groups in total. The Bertz CT molecular complexity index is 1000. The third-order valence-corrected chi connectivity index (χ3v) is 5.43. The number of hydrogen-bond acceptors (Lipinski definition) is 5. The molecule has 0 fully saturated rings. The molecule has 3 aromatic carbocycles. The molecule has 0 aliphatic carbocycles. The van der Waals surface area contributed by atoms with Gasteiger partial charge in [0.1, 0.15) is 5.75 Å². The van der Waals surface area contributed by atoms with Crippen molar-refractivity contribution in [1.82, 2.24) is 0 Å². The molecule has 3 aromatic rings. The van der Waals surface area contributed by atoms with E-state index < -0.39 is 10.1 Å². The lowest BCUT2D eigenvalue weighted by Crippen LogP contribution is -2.73. The van der Waals surface area contributed by atoms with Gasteiger partial charge in [-0.2, -0.15) is 13.9 Å². The van der Waals surface area contributed by atoms with Crippen molar-refractivity contribution in [2.75, 3.05) is 13.7 Å². The van der Waals surface area contributed by atoms with Gasteiger partial charge in [0, 0.05) is 12.1 Å². The maximum absolute atomic E-state index is 12.3. The lowest BCUT2D eigenvalue weighted by Gasteiger charge is -2.09. The zero-order valence-electron chi connectivity index (χ0n) is 14.3. The quantitative estimate of drug-likeness (QED) is 0.377. The van der Waals surface area contributed by atoms with Gasteiger partial charge in [-0.25, -0.2) is 5.21 Å². The molecule has 6 nitrogen and oxygen atoms in total. The third kappa shape index (κ3) is 4.03. The Labute approximate surface area is 152 Å². The minimum Gasteiger partial charge on any atom is -0.497 e. The zero-order valence-corrected chi connectivity index (χ0v) is 15.1. The molecule has 0 aliphatic heterocycles. The van der Waals surface area contributed by atoms with E-state index in [1.165, 1.54) is 24.3 Å². The first-order valence-electron chi connectivity index (χ1n) is 8.06. The van der Waals surface area contributed by atoms with Gasteiger partial charge in [-0.15, -0.1) is 0 Å². The molecule has 0 aromatic heterocycles. The van der Waals surface area contributed by atoms with Crippen molar-refractivity contribution in [3.63, 3.8) is 0 Å². The van der Waals surface area contributed by atoms with Crippen LogP contribution in [0.4, 0.5) is 5.69 Å². The minimum atomic E-state index is -3.84. The maximum Gasteiger partial charge on any atom is 0.296 e. The first-order chi connectivity index (χ1) is 12.5. The standard InChI is InChI=1S/C19H19NO5S/c1-24-17-8-5-14-3-2-4-15(19(14)13-17)11-12-25-26(22,23)18-9-6-16(20-21)7-10-18/h2-10,13,20-21H,11-12H2,1H3/p+1. The fourth-order valence-electron chi connectivity index (χ4n) is 2.71. The SMILES string of the molecule is COc1ccc2cccc(CCOS(=O)(=O)c3ccc([NH2+]O)cc3)c2c1. The monoisotopic (exact) mass is 374 g/mol. The number of nitrogens with two attached hydrogens (primary N) is 1. The Balaban J connectivity index is 1.73. The lowest BCUT2D eigenvalue weighted by molar-refractivity contribution is -0.825. The summed E-state index contributed by atoms with van der Waals surface area (Å²) in [5, 5.41) is 11.0. The molecule has 0 radical (unpaired) electrons. The summed E-state index contributed by atoms with van der Waals surface area (Å²) in [6, 6.07) is 17.5. The van der Waals surface area contributed by atoms with Crippen LogP contribution in [0.15, 0.2) is 65.6 Å². The molecular formula is C19H20NO5S+. The number of methoxy groups -OCH3 is 1. The summed E-state index contributed by atoms with van der Waals surface area (Å²) < 4.78 is 35.0. The summed E-state index contributed by atoms with van der Waals surface area (Å²) >= 11 is 0. The summed E-state index contributed by atoms with van der Waals surface area (Å²) in [6.45, 7) is 0.0343. The maximum atomic E-state index is 12.3. The topological polar surface area (TPSA) is 89.4 Å². The summed E-state index contributed by atoms with van der Waals surface area (Å²) in [7, 11) is -2.23. The molecule has 0 spiro atoms. The van der Waals surface area contributed by atoms with Gasteiger partial charge in [-0.1, -0.05) is 24.3 Å². The molecule has 7 heteroatoms. The molecular weight excluding hydrogens is 354 g/mol. The van der Waals surface area contributed by atoms with Crippen LogP contribution >= 0.6 is 0 Å². The Morgan fingerprint density at radius 3 is 2.50 bits per heavy atom. The molecule has 0 saturated carbocycles. The minimum absolute atomic E-state index is 0.0343. The molecule has 136 valence electrons. The largest absolute Gasteiger partial charge is 0.497 e. The Morgan fingerprint density at radius 1 is 1.04 bits per heavy atom. The Hall–Kier alpha value is -2.45.